The van der Waals surface area contributed by atoms with Crippen molar-refractivity contribution in [2.75, 3.05) is 11.9 Å². The van der Waals surface area contributed by atoms with Gasteiger partial charge in [0.1, 0.15) is 5.02 Å². The van der Waals surface area contributed by atoms with Gasteiger partial charge in [0.15, 0.2) is 6.61 Å². The van der Waals surface area contributed by atoms with Crippen LogP contribution in [0.3, 0.4) is 0 Å². The molecule has 0 bridgehead atoms. The van der Waals surface area contributed by atoms with Crippen LogP contribution in [0.2, 0.25) is 5.02 Å². The molecule has 0 aliphatic heterocycles. The lowest BCUT2D eigenvalue weighted by Crippen LogP contribution is -2.17. The van der Waals surface area contributed by atoms with E-state index in [1.165, 1.54) is 24.4 Å². The van der Waals surface area contributed by atoms with Gasteiger partial charge in [-0.05, 0) is 30.2 Å². The summed E-state index contributed by atoms with van der Waals surface area (Å²) in [5.41, 5.74) is 1.88. The van der Waals surface area contributed by atoms with Crippen molar-refractivity contribution in [1.29, 1.82) is 0 Å². The Balaban J connectivity index is 1.89. The SMILES string of the molecule is Cc1ccccc1/C=N/OCC(=O)Nc1ccc(Cl)c([N+](=O)[O-])c1. The third-order valence-corrected chi connectivity index (χ3v) is 3.40. The van der Waals surface area contributed by atoms with Crippen LogP contribution in [0.15, 0.2) is 47.6 Å². The second-order valence-corrected chi connectivity index (χ2v) is 5.24. The molecule has 2 rings (SSSR count). The number of oxime groups is 1. The highest BCUT2D eigenvalue weighted by Gasteiger charge is 2.13. The molecular weight excluding hydrogens is 334 g/mol. The van der Waals surface area contributed by atoms with Crippen LogP contribution in [0.4, 0.5) is 11.4 Å². The average molecular weight is 348 g/mol. The van der Waals surface area contributed by atoms with Gasteiger partial charge in [0.25, 0.3) is 11.6 Å². The number of benzene rings is 2. The molecule has 2 aromatic carbocycles. The van der Waals surface area contributed by atoms with Crippen LogP contribution in [0, 0.1) is 17.0 Å². The van der Waals surface area contributed by atoms with Gasteiger partial charge < -0.3 is 10.2 Å². The van der Waals surface area contributed by atoms with Crippen molar-refractivity contribution >= 4 is 35.1 Å². The third kappa shape index (κ3) is 4.79. The van der Waals surface area contributed by atoms with E-state index < -0.39 is 10.8 Å². The zero-order chi connectivity index (χ0) is 17.5. The summed E-state index contributed by atoms with van der Waals surface area (Å²) in [4.78, 5) is 26.8. The summed E-state index contributed by atoms with van der Waals surface area (Å²) >= 11 is 5.70. The van der Waals surface area contributed by atoms with Gasteiger partial charge in [0, 0.05) is 11.8 Å². The Bertz CT molecular complexity index is 793. The number of nitrogens with one attached hydrogen (secondary N) is 1. The second kappa shape index (κ2) is 8.07. The molecule has 0 heterocycles. The predicted molar refractivity (Wildman–Crippen MR) is 91.5 cm³/mol. The van der Waals surface area contributed by atoms with E-state index in [4.69, 9.17) is 16.4 Å². The minimum absolute atomic E-state index is 0.00270. The number of nitro benzene ring substituents is 1. The van der Waals surface area contributed by atoms with Crippen LogP contribution in [0.1, 0.15) is 11.1 Å². The number of hydrogen-bond donors (Lipinski definition) is 1. The fraction of sp³-hybridized carbons (Fsp3) is 0.125. The minimum atomic E-state index is -0.624. The summed E-state index contributed by atoms with van der Waals surface area (Å²) in [6.07, 6.45) is 1.51. The maximum Gasteiger partial charge on any atom is 0.289 e. The second-order valence-electron chi connectivity index (χ2n) is 4.84. The average Bonchev–Trinajstić information content (AvgIpc) is 2.54. The Morgan fingerprint density at radius 2 is 2.12 bits per heavy atom. The molecule has 8 heteroatoms. The first-order chi connectivity index (χ1) is 11.5. The van der Waals surface area contributed by atoms with Crippen molar-refractivity contribution in [1.82, 2.24) is 0 Å². The third-order valence-electron chi connectivity index (χ3n) is 3.08. The maximum atomic E-state index is 11.7. The summed E-state index contributed by atoms with van der Waals surface area (Å²) < 4.78 is 0. The normalized spacial score (nSPS) is 10.6. The summed E-state index contributed by atoms with van der Waals surface area (Å²) in [5, 5.41) is 17.0. The number of carbonyl (C=O) groups is 1. The number of amides is 1. The van der Waals surface area contributed by atoms with Crippen LogP contribution in [0.25, 0.3) is 0 Å². The number of hydrogen-bond acceptors (Lipinski definition) is 5. The van der Waals surface area contributed by atoms with Gasteiger partial charge in [-0.1, -0.05) is 41.0 Å². The summed E-state index contributed by atoms with van der Waals surface area (Å²) in [6, 6.07) is 11.6. The minimum Gasteiger partial charge on any atom is -0.386 e. The van der Waals surface area contributed by atoms with E-state index >= 15 is 0 Å². The zero-order valence-corrected chi connectivity index (χ0v) is 13.5. The van der Waals surface area contributed by atoms with Gasteiger partial charge in [0.05, 0.1) is 11.1 Å². The van der Waals surface area contributed by atoms with E-state index in [9.17, 15) is 14.9 Å². The molecule has 0 radical (unpaired) electrons. The number of halogens is 1. The first kappa shape index (κ1) is 17.4. The molecule has 0 atom stereocenters. The highest BCUT2D eigenvalue weighted by Crippen LogP contribution is 2.27. The predicted octanol–water partition coefficient (Wildman–Crippen LogP) is 3.55. The Hall–Kier alpha value is -2.93. The maximum absolute atomic E-state index is 11.7. The van der Waals surface area contributed by atoms with Crippen molar-refractivity contribution in [3.05, 3.63) is 68.7 Å². The standard InChI is InChI=1S/C16H14ClN3O4/c1-11-4-2-3-5-12(11)9-18-24-10-16(21)19-13-6-7-14(17)15(8-13)20(22)23/h2-9H,10H2,1H3,(H,19,21)/b18-9+. The van der Waals surface area contributed by atoms with Crippen LogP contribution >= 0.6 is 11.6 Å². The smallest absolute Gasteiger partial charge is 0.289 e. The van der Waals surface area contributed by atoms with Crippen molar-refractivity contribution in [2.24, 2.45) is 5.16 Å². The van der Waals surface area contributed by atoms with Crippen molar-refractivity contribution < 1.29 is 14.6 Å². The Morgan fingerprint density at radius 1 is 1.38 bits per heavy atom. The molecule has 0 aromatic heterocycles. The van der Waals surface area contributed by atoms with Gasteiger partial charge in [-0.3, -0.25) is 14.9 Å². The van der Waals surface area contributed by atoms with Crippen molar-refractivity contribution in [3.8, 4) is 0 Å². The monoisotopic (exact) mass is 347 g/mol. The molecule has 0 aliphatic rings. The van der Waals surface area contributed by atoms with Gasteiger partial charge in [-0.25, -0.2) is 0 Å². The van der Waals surface area contributed by atoms with Crippen LogP contribution < -0.4 is 5.32 Å². The van der Waals surface area contributed by atoms with E-state index in [0.29, 0.717) is 0 Å². The molecule has 1 N–H and O–H groups in total. The lowest BCUT2D eigenvalue weighted by atomic mass is 10.1. The van der Waals surface area contributed by atoms with Crippen molar-refractivity contribution in [3.63, 3.8) is 0 Å². The molecule has 124 valence electrons. The number of carbonyl (C=O) groups excluding carboxylic acids is 1. The van der Waals surface area contributed by atoms with Crippen LogP contribution in [-0.2, 0) is 9.63 Å². The topological polar surface area (TPSA) is 93.8 Å². The number of nitrogens with zero attached hydrogens (tertiary/aromatic N) is 2. The summed E-state index contributed by atoms with van der Waals surface area (Å²) in [7, 11) is 0. The first-order valence-corrected chi connectivity index (χ1v) is 7.30. The van der Waals surface area contributed by atoms with Gasteiger partial charge in [0.2, 0.25) is 0 Å². The van der Waals surface area contributed by atoms with E-state index in [1.807, 2.05) is 31.2 Å². The molecule has 0 unspecified atom stereocenters. The number of anilines is 1. The Labute approximate surface area is 143 Å². The first-order valence-electron chi connectivity index (χ1n) is 6.92. The fourth-order valence-electron chi connectivity index (χ4n) is 1.85. The number of nitro groups is 1. The lowest BCUT2D eigenvalue weighted by molar-refractivity contribution is -0.384. The van der Waals surface area contributed by atoms with Gasteiger partial charge in [-0.15, -0.1) is 0 Å². The molecule has 1 amide bonds. The largest absolute Gasteiger partial charge is 0.386 e. The molecule has 0 saturated carbocycles. The molecule has 0 aliphatic carbocycles. The van der Waals surface area contributed by atoms with Gasteiger partial charge in [-0.2, -0.15) is 0 Å². The zero-order valence-electron chi connectivity index (χ0n) is 12.7. The molecular formula is C16H14ClN3O4. The van der Waals surface area contributed by atoms with E-state index in [2.05, 4.69) is 10.5 Å². The lowest BCUT2D eigenvalue weighted by Gasteiger charge is -2.05. The molecule has 0 saturated heterocycles. The molecule has 7 nitrogen and oxygen atoms in total. The molecule has 24 heavy (non-hydrogen) atoms. The molecule has 0 fully saturated rings. The Kier molecular flexibility index (Phi) is 5.86. The fourth-order valence-corrected chi connectivity index (χ4v) is 2.04. The summed E-state index contributed by atoms with van der Waals surface area (Å²) in [6.45, 7) is 1.61. The summed E-state index contributed by atoms with van der Waals surface area (Å²) in [5.74, 6) is -0.492. The van der Waals surface area contributed by atoms with E-state index in [0.717, 1.165) is 11.1 Å². The molecule has 2 aromatic rings. The van der Waals surface area contributed by atoms with Crippen molar-refractivity contribution in [2.45, 2.75) is 6.92 Å². The van der Waals surface area contributed by atoms with E-state index in [1.54, 1.807) is 0 Å². The quantitative estimate of drug-likeness (QED) is 0.491. The Morgan fingerprint density at radius 3 is 2.83 bits per heavy atom. The van der Waals surface area contributed by atoms with E-state index in [-0.39, 0.29) is 23.0 Å². The highest BCUT2D eigenvalue weighted by atomic mass is 35.5. The number of rotatable bonds is 6. The molecule has 0 spiro atoms. The highest BCUT2D eigenvalue weighted by molar-refractivity contribution is 6.32. The van der Waals surface area contributed by atoms with Crippen LogP contribution in [-0.4, -0.2) is 23.7 Å². The number of aryl methyl sites for hydroxylation is 1. The van der Waals surface area contributed by atoms with Gasteiger partial charge >= 0.3 is 0 Å². The van der Waals surface area contributed by atoms with Crippen LogP contribution in [0.5, 0.6) is 0 Å².